The summed E-state index contributed by atoms with van der Waals surface area (Å²) in [6, 6.07) is 0. The van der Waals surface area contributed by atoms with Gasteiger partial charge in [-0.25, -0.2) is 9.78 Å². The van der Waals surface area contributed by atoms with E-state index in [1.54, 1.807) is 12.5 Å². The van der Waals surface area contributed by atoms with Crippen molar-refractivity contribution in [2.24, 2.45) is 5.92 Å². The summed E-state index contributed by atoms with van der Waals surface area (Å²) in [7, 11) is 1.68. The quantitative estimate of drug-likeness (QED) is 0.754. The third-order valence-corrected chi connectivity index (χ3v) is 2.86. The Kier molecular flexibility index (Phi) is 5.37. The summed E-state index contributed by atoms with van der Waals surface area (Å²) >= 11 is 1.15. The van der Waals surface area contributed by atoms with Crippen LogP contribution in [0.5, 0.6) is 0 Å². The molecule has 1 aromatic heterocycles. The topological polar surface area (TPSA) is 71.5 Å². The van der Waals surface area contributed by atoms with E-state index in [1.807, 2.05) is 0 Å². The lowest BCUT2D eigenvalue weighted by atomic mass is 10.2. The minimum Gasteiger partial charge on any atom is -0.476 e. The van der Waals surface area contributed by atoms with Crippen molar-refractivity contribution in [1.82, 2.24) is 10.3 Å². The summed E-state index contributed by atoms with van der Waals surface area (Å²) in [5, 5.41) is 13.8. The van der Waals surface area contributed by atoms with Crippen LogP contribution >= 0.6 is 11.3 Å². The molecule has 0 fully saturated rings. The molecule has 0 aliphatic heterocycles. The van der Waals surface area contributed by atoms with Gasteiger partial charge in [-0.05, 0) is 5.92 Å². The standard InChI is InChI=1S/C10H16N2O3S/c1-7(5-15-2)3-11-4-8-6-16-9(12-8)10(13)14/h6-7,11H,3-5H2,1-2H3,(H,13,14). The molecule has 0 radical (unpaired) electrons. The van der Waals surface area contributed by atoms with Gasteiger partial charge in [0.1, 0.15) is 0 Å². The highest BCUT2D eigenvalue weighted by molar-refractivity contribution is 7.11. The summed E-state index contributed by atoms with van der Waals surface area (Å²) < 4.78 is 5.01. The third kappa shape index (κ3) is 4.26. The van der Waals surface area contributed by atoms with Gasteiger partial charge in [-0.2, -0.15) is 0 Å². The van der Waals surface area contributed by atoms with Crippen LogP contribution < -0.4 is 5.32 Å². The first-order valence-corrected chi connectivity index (χ1v) is 5.88. The monoisotopic (exact) mass is 244 g/mol. The highest BCUT2D eigenvalue weighted by Gasteiger charge is 2.08. The van der Waals surface area contributed by atoms with Crippen LogP contribution in [0.3, 0.4) is 0 Å². The van der Waals surface area contributed by atoms with Gasteiger partial charge in [0.2, 0.25) is 5.01 Å². The Balaban J connectivity index is 2.29. The van der Waals surface area contributed by atoms with Crippen LogP contribution in [0.25, 0.3) is 0 Å². The number of aromatic carboxylic acids is 1. The molecule has 1 atom stereocenters. The average Bonchev–Trinajstić information content (AvgIpc) is 2.67. The van der Waals surface area contributed by atoms with Crippen molar-refractivity contribution in [3.05, 3.63) is 16.1 Å². The van der Waals surface area contributed by atoms with Crippen LogP contribution in [0.1, 0.15) is 22.4 Å². The molecule has 6 heteroatoms. The third-order valence-electron chi connectivity index (χ3n) is 1.98. The molecule has 1 aromatic rings. The van der Waals surface area contributed by atoms with E-state index in [4.69, 9.17) is 9.84 Å². The fourth-order valence-electron chi connectivity index (χ4n) is 1.28. The molecule has 0 amide bonds. The molecule has 5 nitrogen and oxygen atoms in total. The highest BCUT2D eigenvalue weighted by Crippen LogP contribution is 2.09. The van der Waals surface area contributed by atoms with Gasteiger partial charge in [0.25, 0.3) is 0 Å². The number of nitrogens with one attached hydrogen (secondary N) is 1. The number of hydrogen-bond donors (Lipinski definition) is 2. The van der Waals surface area contributed by atoms with Crippen molar-refractivity contribution < 1.29 is 14.6 Å². The maximum Gasteiger partial charge on any atom is 0.365 e. The van der Waals surface area contributed by atoms with Crippen molar-refractivity contribution >= 4 is 17.3 Å². The first-order chi connectivity index (χ1) is 7.63. The molecule has 2 N–H and O–H groups in total. The lowest BCUT2D eigenvalue weighted by molar-refractivity contribution is 0.0696. The van der Waals surface area contributed by atoms with Crippen LogP contribution in [0.4, 0.5) is 0 Å². The van der Waals surface area contributed by atoms with Crippen LogP contribution in [0.2, 0.25) is 0 Å². The molecule has 0 saturated heterocycles. The number of thiazole rings is 1. The largest absolute Gasteiger partial charge is 0.476 e. The molecule has 1 heterocycles. The SMILES string of the molecule is COCC(C)CNCc1csc(C(=O)O)n1. The summed E-state index contributed by atoms with van der Waals surface area (Å²) in [5.41, 5.74) is 0.770. The second-order valence-electron chi connectivity index (χ2n) is 3.64. The molecule has 0 aliphatic carbocycles. The Hall–Kier alpha value is -0.980. The summed E-state index contributed by atoms with van der Waals surface area (Å²) in [5.74, 6) is -0.536. The molecule has 16 heavy (non-hydrogen) atoms. The van der Waals surface area contributed by atoms with E-state index in [0.29, 0.717) is 19.1 Å². The van der Waals surface area contributed by atoms with Gasteiger partial charge in [0.05, 0.1) is 5.69 Å². The fraction of sp³-hybridized carbons (Fsp3) is 0.600. The van der Waals surface area contributed by atoms with Crippen molar-refractivity contribution in [3.63, 3.8) is 0 Å². The van der Waals surface area contributed by atoms with Gasteiger partial charge in [-0.15, -0.1) is 11.3 Å². The van der Waals surface area contributed by atoms with Gasteiger partial charge >= 0.3 is 5.97 Å². The summed E-state index contributed by atoms with van der Waals surface area (Å²) in [4.78, 5) is 14.6. The van der Waals surface area contributed by atoms with Crippen molar-refractivity contribution in [1.29, 1.82) is 0 Å². The van der Waals surface area contributed by atoms with Crippen molar-refractivity contribution in [3.8, 4) is 0 Å². The highest BCUT2D eigenvalue weighted by atomic mass is 32.1. The van der Waals surface area contributed by atoms with E-state index in [9.17, 15) is 4.79 Å². The number of ether oxygens (including phenoxy) is 1. The van der Waals surface area contributed by atoms with E-state index in [0.717, 1.165) is 23.6 Å². The summed E-state index contributed by atoms with van der Waals surface area (Å²) in [6.45, 7) is 4.22. The van der Waals surface area contributed by atoms with Gasteiger partial charge in [-0.3, -0.25) is 0 Å². The molecule has 90 valence electrons. The predicted octanol–water partition coefficient (Wildman–Crippen LogP) is 1.21. The maximum absolute atomic E-state index is 10.6. The lowest BCUT2D eigenvalue weighted by Crippen LogP contribution is -2.23. The number of hydrogen-bond acceptors (Lipinski definition) is 5. The molecule has 1 unspecified atom stereocenters. The molecule has 0 aliphatic rings. The van der Waals surface area contributed by atoms with E-state index in [2.05, 4.69) is 17.2 Å². The number of methoxy groups -OCH3 is 1. The van der Waals surface area contributed by atoms with E-state index < -0.39 is 5.97 Å². The van der Waals surface area contributed by atoms with Crippen LogP contribution in [0.15, 0.2) is 5.38 Å². The molecular formula is C10H16N2O3S. The van der Waals surface area contributed by atoms with Crippen molar-refractivity contribution in [2.45, 2.75) is 13.5 Å². The first kappa shape index (κ1) is 13.1. The fourth-order valence-corrected chi connectivity index (χ4v) is 1.93. The molecule has 0 bridgehead atoms. The van der Waals surface area contributed by atoms with Crippen LogP contribution in [-0.2, 0) is 11.3 Å². The van der Waals surface area contributed by atoms with Crippen LogP contribution in [-0.4, -0.2) is 36.3 Å². The zero-order valence-electron chi connectivity index (χ0n) is 9.40. The predicted molar refractivity (Wildman–Crippen MR) is 61.8 cm³/mol. The normalized spacial score (nSPS) is 12.6. The van der Waals surface area contributed by atoms with Gasteiger partial charge in [0, 0.05) is 32.2 Å². The van der Waals surface area contributed by atoms with E-state index in [1.165, 1.54) is 0 Å². The average molecular weight is 244 g/mol. The summed E-state index contributed by atoms with van der Waals surface area (Å²) in [6.07, 6.45) is 0. The van der Waals surface area contributed by atoms with Crippen molar-refractivity contribution in [2.75, 3.05) is 20.3 Å². The Morgan fingerprint density at radius 1 is 1.75 bits per heavy atom. The Morgan fingerprint density at radius 3 is 3.06 bits per heavy atom. The Bertz CT molecular complexity index is 341. The molecule has 0 aromatic carbocycles. The number of carboxylic acid groups (broad SMARTS) is 1. The second kappa shape index (κ2) is 6.57. The van der Waals surface area contributed by atoms with Gasteiger partial charge < -0.3 is 15.2 Å². The first-order valence-electron chi connectivity index (χ1n) is 5.00. The molecule has 0 saturated carbocycles. The van der Waals surface area contributed by atoms with Crippen LogP contribution in [0, 0.1) is 5.92 Å². The molecular weight excluding hydrogens is 228 g/mol. The molecule has 0 spiro atoms. The maximum atomic E-state index is 10.6. The van der Waals surface area contributed by atoms with E-state index >= 15 is 0 Å². The lowest BCUT2D eigenvalue weighted by Gasteiger charge is -2.10. The number of carbonyl (C=O) groups is 1. The minimum atomic E-state index is -0.969. The Morgan fingerprint density at radius 2 is 2.50 bits per heavy atom. The minimum absolute atomic E-state index is 0.140. The van der Waals surface area contributed by atoms with Gasteiger partial charge in [0.15, 0.2) is 0 Å². The Labute approximate surface area is 98.5 Å². The zero-order chi connectivity index (χ0) is 12.0. The zero-order valence-corrected chi connectivity index (χ0v) is 10.2. The molecule has 1 rings (SSSR count). The smallest absolute Gasteiger partial charge is 0.365 e. The van der Waals surface area contributed by atoms with E-state index in [-0.39, 0.29) is 5.01 Å². The number of carboxylic acids is 1. The number of rotatable bonds is 7. The second-order valence-corrected chi connectivity index (χ2v) is 4.50. The number of nitrogens with zero attached hydrogens (tertiary/aromatic N) is 1. The number of aromatic nitrogens is 1. The van der Waals surface area contributed by atoms with Gasteiger partial charge in [-0.1, -0.05) is 6.92 Å².